The van der Waals surface area contributed by atoms with Gasteiger partial charge < -0.3 is 10.8 Å². The molecule has 1 atom stereocenters. The normalized spacial score (nSPS) is 11.9. The predicted molar refractivity (Wildman–Crippen MR) is 157 cm³/mol. The number of nitrogens with zero attached hydrogens (tertiary/aromatic N) is 5. The quantitative estimate of drug-likeness (QED) is 0.314. The van der Waals surface area contributed by atoms with Crippen LogP contribution in [0.4, 0.5) is 10.2 Å². The van der Waals surface area contributed by atoms with E-state index in [1.54, 1.807) is 29.8 Å². The van der Waals surface area contributed by atoms with Crippen molar-refractivity contribution >= 4 is 27.6 Å². The van der Waals surface area contributed by atoms with Gasteiger partial charge in [0.15, 0.2) is 5.65 Å². The largest absolute Gasteiger partial charge is 0.383 e. The number of fused-ring (bicyclic) bond motifs is 2. The lowest BCUT2D eigenvalue weighted by atomic mass is 10.1. The maximum absolute atomic E-state index is 14.9. The Labute approximate surface area is 234 Å². The molecule has 0 aliphatic carbocycles. The molecule has 0 aliphatic rings. The number of aromatic nitrogens is 5. The summed E-state index contributed by atoms with van der Waals surface area (Å²) < 4.78 is 18.1. The number of rotatable bonds is 4. The second kappa shape index (κ2) is 10.3. The lowest BCUT2D eigenvalue weighted by molar-refractivity contribution is 0.253. The lowest BCUT2D eigenvalue weighted by Gasteiger charge is -2.17. The van der Waals surface area contributed by atoms with Crippen molar-refractivity contribution in [1.82, 2.24) is 24.3 Å². The Morgan fingerprint density at radius 2 is 1.80 bits per heavy atom. The smallest absolute Gasteiger partial charge is 0.266 e. The van der Waals surface area contributed by atoms with Gasteiger partial charge in [0.2, 0.25) is 0 Å². The van der Waals surface area contributed by atoms with E-state index in [2.05, 4.69) is 21.8 Å². The van der Waals surface area contributed by atoms with E-state index in [1.807, 2.05) is 55.5 Å². The zero-order valence-electron chi connectivity index (χ0n) is 22.3. The first kappa shape index (κ1) is 25.9. The van der Waals surface area contributed by atoms with E-state index in [9.17, 15) is 14.3 Å². The van der Waals surface area contributed by atoms with E-state index in [-0.39, 0.29) is 17.7 Å². The molecule has 0 radical (unpaired) electrons. The van der Waals surface area contributed by atoms with Crippen LogP contribution in [0.2, 0.25) is 0 Å². The molecule has 0 aliphatic heterocycles. The molecular formula is C32H25FN6O2. The number of aliphatic hydroxyl groups excluding tert-OH is 1. The summed E-state index contributed by atoms with van der Waals surface area (Å²) in [5.74, 6) is 5.35. The Morgan fingerprint density at radius 1 is 1.02 bits per heavy atom. The lowest BCUT2D eigenvalue weighted by Crippen LogP contribution is -2.25. The number of nitrogens with two attached hydrogens (primary N) is 1. The molecule has 0 spiro atoms. The second-order valence-electron chi connectivity index (χ2n) is 9.75. The monoisotopic (exact) mass is 544 g/mol. The maximum atomic E-state index is 14.9. The van der Waals surface area contributed by atoms with Crippen molar-refractivity contribution in [1.29, 1.82) is 0 Å². The van der Waals surface area contributed by atoms with Gasteiger partial charge in [-0.1, -0.05) is 54.3 Å². The summed E-state index contributed by atoms with van der Waals surface area (Å²) in [6, 6.07) is 21.3. The van der Waals surface area contributed by atoms with Gasteiger partial charge in [0, 0.05) is 16.8 Å². The van der Waals surface area contributed by atoms with Crippen LogP contribution in [0.25, 0.3) is 38.8 Å². The minimum atomic E-state index is -0.727. The standard InChI is InChI=1S/C32H25FN6O2/c1-19-6-3-4-9-26(19)39-24(16-23-7-5-8-25(33)27(23)32(39)41)17-38-31-28(30(34)35-18-36-31)29(37-38)22-14-12-21(13-15-22)11-10-20(2)40/h3-9,12-16,18,20,40H,17H2,1-2H3,(H2,34,35,36)/t20-/m1/s1. The predicted octanol–water partition coefficient (Wildman–Crippen LogP) is 4.61. The Morgan fingerprint density at radius 3 is 2.56 bits per heavy atom. The summed E-state index contributed by atoms with van der Waals surface area (Å²) in [7, 11) is 0. The molecule has 8 nitrogen and oxygen atoms in total. The fourth-order valence-corrected chi connectivity index (χ4v) is 4.96. The fourth-order valence-electron chi connectivity index (χ4n) is 4.96. The summed E-state index contributed by atoms with van der Waals surface area (Å²) in [6.45, 7) is 3.66. The minimum absolute atomic E-state index is 0.0239. The topological polar surface area (TPSA) is 112 Å². The maximum Gasteiger partial charge on any atom is 0.266 e. The van der Waals surface area contributed by atoms with Gasteiger partial charge in [0.25, 0.3) is 5.56 Å². The molecule has 202 valence electrons. The number of hydrogen-bond acceptors (Lipinski definition) is 6. The molecule has 6 aromatic rings. The van der Waals surface area contributed by atoms with Crippen LogP contribution in [0.5, 0.6) is 0 Å². The first-order chi connectivity index (χ1) is 19.8. The van der Waals surface area contributed by atoms with E-state index in [1.165, 1.54) is 17.0 Å². The number of pyridine rings is 1. The Hall–Kier alpha value is -5.33. The third-order valence-electron chi connectivity index (χ3n) is 6.88. The van der Waals surface area contributed by atoms with Crippen LogP contribution in [-0.4, -0.2) is 35.5 Å². The van der Waals surface area contributed by atoms with Crippen LogP contribution in [0, 0.1) is 24.6 Å². The SMILES string of the molecule is Cc1ccccc1-n1c(Cn2nc(-c3ccc(C#C[C@@H](C)O)cc3)c3c(N)ncnc32)cc2cccc(F)c2c1=O. The molecule has 0 saturated carbocycles. The third kappa shape index (κ3) is 4.71. The van der Waals surface area contributed by atoms with Crippen LogP contribution in [0.3, 0.4) is 0 Å². The van der Waals surface area contributed by atoms with Crippen molar-refractivity contribution in [3.05, 3.63) is 112 Å². The van der Waals surface area contributed by atoms with Crippen molar-refractivity contribution in [2.45, 2.75) is 26.5 Å². The molecule has 9 heteroatoms. The summed E-state index contributed by atoms with van der Waals surface area (Å²) in [6.07, 6.45) is 0.647. The molecule has 3 N–H and O–H groups in total. The first-order valence-electron chi connectivity index (χ1n) is 13.0. The number of aryl methyl sites for hydroxylation is 1. The minimum Gasteiger partial charge on any atom is -0.383 e. The van der Waals surface area contributed by atoms with Gasteiger partial charge in [0.1, 0.15) is 29.8 Å². The van der Waals surface area contributed by atoms with Gasteiger partial charge in [0.05, 0.1) is 23.0 Å². The third-order valence-corrected chi connectivity index (χ3v) is 6.88. The van der Waals surface area contributed by atoms with Crippen LogP contribution < -0.4 is 11.3 Å². The average molecular weight is 545 g/mol. The number of aliphatic hydroxyl groups is 1. The Bertz CT molecular complexity index is 2070. The molecule has 0 unspecified atom stereocenters. The number of halogens is 1. The highest BCUT2D eigenvalue weighted by molar-refractivity contribution is 5.98. The van der Waals surface area contributed by atoms with Crippen molar-refractivity contribution in [3.63, 3.8) is 0 Å². The molecule has 3 aromatic heterocycles. The molecule has 0 saturated heterocycles. The number of hydrogen-bond donors (Lipinski definition) is 2. The molecule has 0 amide bonds. The highest BCUT2D eigenvalue weighted by Gasteiger charge is 2.20. The van der Waals surface area contributed by atoms with E-state index in [4.69, 9.17) is 10.8 Å². The number of anilines is 1. The van der Waals surface area contributed by atoms with Gasteiger partial charge in [-0.25, -0.2) is 19.0 Å². The first-order valence-corrected chi connectivity index (χ1v) is 13.0. The molecule has 3 aromatic carbocycles. The van der Waals surface area contributed by atoms with Crippen LogP contribution in [-0.2, 0) is 6.54 Å². The van der Waals surface area contributed by atoms with Gasteiger partial charge >= 0.3 is 0 Å². The molecule has 0 bridgehead atoms. The van der Waals surface area contributed by atoms with Gasteiger partial charge in [-0.05, 0) is 55.1 Å². The number of nitrogen functional groups attached to an aromatic ring is 1. The zero-order chi connectivity index (χ0) is 28.7. The average Bonchev–Trinajstić information content (AvgIpc) is 3.32. The van der Waals surface area contributed by atoms with Crippen LogP contribution >= 0.6 is 0 Å². The fraction of sp³-hybridized carbons (Fsp3) is 0.125. The van der Waals surface area contributed by atoms with Crippen molar-refractivity contribution in [2.24, 2.45) is 0 Å². The van der Waals surface area contributed by atoms with Gasteiger partial charge in [-0.2, -0.15) is 5.10 Å². The highest BCUT2D eigenvalue weighted by Crippen LogP contribution is 2.31. The van der Waals surface area contributed by atoms with E-state index >= 15 is 0 Å². The van der Waals surface area contributed by atoms with E-state index in [0.717, 1.165) is 16.7 Å². The van der Waals surface area contributed by atoms with E-state index < -0.39 is 17.5 Å². The molecular weight excluding hydrogens is 519 g/mol. The van der Waals surface area contributed by atoms with Crippen molar-refractivity contribution in [2.75, 3.05) is 5.73 Å². The van der Waals surface area contributed by atoms with Gasteiger partial charge in [-0.15, -0.1) is 0 Å². The van der Waals surface area contributed by atoms with Crippen molar-refractivity contribution in [3.8, 4) is 28.8 Å². The highest BCUT2D eigenvalue weighted by atomic mass is 19.1. The van der Waals surface area contributed by atoms with Crippen LogP contribution in [0.1, 0.15) is 23.7 Å². The Kier molecular flexibility index (Phi) is 6.53. The van der Waals surface area contributed by atoms with Crippen molar-refractivity contribution < 1.29 is 9.50 Å². The summed E-state index contributed by atoms with van der Waals surface area (Å²) in [5, 5.41) is 15.4. The molecule has 0 fully saturated rings. The van der Waals surface area contributed by atoms with Gasteiger partial charge in [-0.3, -0.25) is 9.36 Å². The van der Waals surface area contributed by atoms with Crippen LogP contribution in [0.15, 0.2) is 83.9 Å². The number of para-hydroxylation sites is 1. The summed E-state index contributed by atoms with van der Waals surface area (Å²) >= 11 is 0. The van der Waals surface area contributed by atoms with E-state index in [0.29, 0.717) is 33.5 Å². The molecule has 3 heterocycles. The zero-order valence-corrected chi connectivity index (χ0v) is 22.3. The summed E-state index contributed by atoms with van der Waals surface area (Å²) in [5.41, 5.74) is 10.6. The summed E-state index contributed by atoms with van der Waals surface area (Å²) in [4.78, 5) is 22.5. The second-order valence-corrected chi connectivity index (χ2v) is 9.75. The molecule has 6 rings (SSSR count). The molecule has 41 heavy (non-hydrogen) atoms. The Balaban J connectivity index is 1.54. The number of benzene rings is 3.